The Balaban J connectivity index is 1.87. The third-order valence-electron chi connectivity index (χ3n) is 3.95. The summed E-state index contributed by atoms with van der Waals surface area (Å²) in [5.41, 5.74) is 1.44. The fraction of sp³-hybridized carbons (Fsp3) is 0.222. The lowest BCUT2D eigenvalue weighted by Gasteiger charge is -2.16. The Kier molecular flexibility index (Phi) is 4.74. The molecule has 0 bridgehead atoms. The minimum atomic E-state index is -0.757. The van der Waals surface area contributed by atoms with Crippen molar-refractivity contribution in [2.75, 3.05) is 5.32 Å². The number of aryl methyl sites for hydroxylation is 1. The van der Waals surface area contributed by atoms with Crippen molar-refractivity contribution < 1.29 is 4.79 Å². The quantitative estimate of drug-likeness (QED) is 0.774. The lowest BCUT2D eigenvalue weighted by atomic mass is 10.1. The molecule has 0 spiro atoms. The molecule has 0 aliphatic heterocycles. The lowest BCUT2D eigenvalue weighted by Crippen LogP contribution is -2.33. The summed E-state index contributed by atoms with van der Waals surface area (Å²) in [7, 11) is 0. The normalized spacial score (nSPS) is 11.9. The number of nitrogens with one attached hydrogen (secondary N) is 1. The number of aromatic nitrogens is 4. The molecule has 128 valence electrons. The molecule has 0 radical (unpaired) electrons. The number of anilines is 1. The summed E-state index contributed by atoms with van der Waals surface area (Å²) in [6.07, 6.45) is 4.14. The van der Waals surface area contributed by atoms with Gasteiger partial charge in [0, 0.05) is 24.1 Å². The fourth-order valence-corrected chi connectivity index (χ4v) is 2.52. The van der Waals surface area contributed by atoms with E-state index in [0.29, 0.717) is 5.82 Å². The molecule has 25 heavy (non-hydrogen) atoms. The van der Waals surface area contributed by atoms with Crippen LogP contribution in [0.3, 0.4) is 0 Å². The number of carbonyl (C=O) groups excluding carboxylic acids is 1. The van der Waals surface area contributed by atoms with Crippen LogP contribution in [0.1, 0.15) is 25.5 Å². The topological polar surface area (TPSA) is 81.8 Å². The molecule has 3 aromatic rings. The van der Waals surface area contributed by atoms with E-state index in [0.717, 1.165) is 17.7 Å². The molecule has 1 atom stereocenters. The highest BCUT2D eigenvalue weighted by Crippen LogP contribution is 2.17. The Morgan fingerprint density at radius 2 is 2.00 bits per heavy atom. The second-order valence-corrected chi connectivity index (χ2v) is 5.60. The Hall–Kier alpha value is -3.22. The van der Waals surface area contributed by atoms with Gasteiger partial charge in [-0.2, -0.15) is 5.10 Å². The predicted octanol–water partition coefficient (Wildman–Crippen LogP) is 2.19. The number of nitrogens with zero attached hydrogens (tertiary/aromatic N) is 4. The fourth-order valence-electron chi connectivity index (χ4n) is 2.52. The van der Waals surface area contributed by atoms with Gasteiger partial charge in [0.1, 0.15) is 6.04 Å². The van der Waals surface area contributed by atoms with Crippen LogP contribution in [0.15, 0.2) is 59.7 Å². The molecule has 7 nitrogen and oxygen atoms in total. The number of benzene rings is 1. The third-order valence-corrected chi connectivity index (χ3v) is 3.95. The van der Waals surface area contributed by atoms with Crippen LogP contribution in [-0.2, 0) is 11.2 Å². The van der Waals surface area contributed by atoms with Crippen molar-refractivity contribution in [3.63, 3.8) is 0 Å². The van der Waals surface area contributed by atoms with Gasteiger partial charge in [0.25, 0.3) is 5.56 Å². The Labute approximate surface area is 144 Å². The van der Waals surface area contributed by atoms with Crippen LogP contribution in [0.5, 0.6) is 0 Å². The molecule has 1 unspecified atom stereocenters. The van der Waals surface area contributed by atoms with Crippen molar-refractivity contribution in [3.8, 4) is 5.82 Å². The van der Waals surface area contributed by atoms with Gasteiger partial charge in [-0.25, -0.2) is 9.36 Å². The molecule has 1 aromatic carbocycles. The first-order chi connectivity index (χ1) is 12.1. The second-order valence-electron chi connectivity index (χ2n) is 5.60. The minimum Gasteiger partial charge on any atom is -0.324 e. The third kappa shape index (κ3) is 3.50. The van der Waals surface area contributed by atoms with E-state index < -0.39 is 6.04 Å². The first kappa shape index (κ1) is 16.6. The predicted molar refractivity (Wildman–Crippen MR) is 94.8 cm³/mol. The minimum absolute atomic E-state index is 0.298. The van der Waals surface area contributed by atoms with Gasteiger partial charge in [-0.1, -0.05) is 25.1 Å². The van der Waals surface area contributed by atoms with Crippen molar-refractivity contribution in [2.24, 2.45) is 0 Å². The smallest absolute Gasteiger partial charge is 0.267 e. The molecule has 7 heteroatoms. The number of para-hydroxylation sites is 1. The van der Waals surface area contributed by atoms with Gasteiger partial charge in [0.05, 0.1) is 0 Å². The average Bonchev–Trinajstić information content (AvgIpc) is 3.16. The summed E-state index contributed by atoms with van der Waals surface area (Å²) < 4.78 is 2.70. The van der Waals surface area contributed by atoms with E-state index in [1.54, 1.807) is 31.5 Å². The Morgan fingerprint density at radius 3 is 2.72 bits per heavy atom. The monoisotopic (exact) mass is 337 g/mol. The van der Waals surface area contributed by atoms with E-state index in [1.807, 2.05) is 31.2 Å². The maximum Gasteiger partial charge on any atom is 0.267 e. The molecule has 0 aliphatic rings. The first-order valence-electron chi connectivity index (χ1n) is 8.09. The highest BCUT2D eigenvalue weighted by molar-refractivity contribution is 5.94. The summed E-state index contributed by atoms with van der Waals surface area (Å²) in [6.45, 7) is 3.67. The van der Waals surface area contributed by atoms with E-state index in [4.69, 9.17) is 0 Å². The number of hydrogen-bond donors (Lipinski definition) is 1. The highest BCUT2D eigenvalue weighted by Gasteiger charge is 2.19. The second kappa shape index (κ2) is 7.12. The van der Waals surface area contributed by atoms with E-state index in [-0.39, 0.29) is 11.5 Å². The molecule has 1 N–H and O–H groups in total. The molecular weight excluding hydrogens is 318 g/mol. The van der Waals surface area contributed by atoms with Gasteiger partial charge in [-0.05, 0) is 37.1 Å². The van der Waals surface area contributed by atoms with Crippen LogP contribution in [-0.4, -0.2) is 25.5 Å². The van der Waals surface area contributed by atoms with Crippen LogP contribution in [0, 0.1) is 0 Å². The van der Waals surface area contributed by atoms with Crippen molar-refractivity contribution in [2.45, 2.75) is 26.3 Å². The van der Waals surface area contributed by atoms with E-state index in [2.05, 4.69) is 15.5 Å². The van der Waals surface area contributed by atoms with Crippen molar-refractivity contribution >= 4 is 11.6 Å². The molecule has 2 heterocycles. The lowest BCUT2D eigenvalue weighted by molar-refractivity contribution is -0.119. The maximum atomic E-state index is 12.6. The van der Waals surface area contributed by atoms with Crippen LogP contribution >= 0.6 is 0 Å². The number of hydrogen-bond acceptors (Lipinski definition) is 4. The molecule has 0 saturated heterocycles. The van der Waals surface area contributed by atoms with E-state index in [1.165, 1.54) is 15.4 Å². The van der Waals surface area contributed by atoms with Gasteiger partial charge < -0.3 is 5.32 Å². The largest absolute Gasteiger partial charge is 0.324 e. The zero-order valence-electron chi connectivity index (χ0n) is 14.1. The first-order valence-corrected chi connectivity index (χ1v) is 8.09. The van der Waals surface area contributed by atoms with E-state index in [9.17, 15) is 9.59 Å². The van der Waals surface area contributed by atoms with Crippen molar-refractivity contribution in [1.29, 1.82) is 0 Å². The Bertz CT molecular complexity index is 931. The summed E-state index contributed by atoms with van der Waals surface area (Å²) in [6, 6.07) is 11.6. The average molecular weight is 337 g/mol. The number of carbonyl (C=O) groups is 1. The standard InChI is InChI=1S/C18H19N5O2/c1-3-14-7-4-5-8-15(14)20-18(25)13(2)23-17(24)10-9-16(21-23)22-12-6-11-19-22/h4-13H,3H2,1-2H3,(H,20,25). The molecule has 3 rings (SSSR count). The van der Waals surface area contributed by atoms with Crippen molar-refractivity contribution in [3.05, 3.63) is 70.8 Å². The molecule has 0 saturated carbocycles. The van der Waals surface area contributed by atoms with Gasteiger partial charge in [-0.3, -0.25) is 9.59 Å². The Morgan fingerprint density at radius 1 is 1.20 bits per heavy atom. The van der Waals surface area contributed by atoms with Crippen molar-refractivity contribution in [1.82, 2.24) is 19.6 Å². The van der Waals surface area contributed by atoms with Gasteiger partial charge in [-0.15, -0.1) is 5.10 Å². The van der Waals surface area contributed by atoms with Crippen LogP contribution in [0.4, 0.5) is 5.69 Å². The number of amides is 1. The molecule has 2 aromatic heterocycles. The highest BCUT2D eigenvalue weighted by atomic mass is 16.2. The zero-order chi connectivity index (χ0) is 17.8. The van der Waals surface area contributed by atoms with Crippen LogP contribution in [0.25, 0.3) is 5.82 Å². The van der Waals surface area contributed by atoms with Gasteiger partial charge in [0.15, 0.2) is 5.82 Å². The van der Waals surface area contributed by atoms with Gasteiger partial charge in [0.2, 0.25) is 5.91 Å². The summed E-state index contributed by atoms with van der Waals surface area (Å²) >= 11 is 0. The molecule has 0 fully saturated rings. The SMILES string of the molecule is CCc1ccccc1NC(=O)C(C)n1nc(-n2cccn2)ccc1=O. The van der Waals surface area contributed by atoms with Crippen LogP contribution in [0.2, 0.25) is 0 Å². The maximum absolute atomic E-state index is 12.6. The molecule has 0 aliphatic carbocycles. The summed E-state index contributed by atoms with van der Waals surface area (Å²) in [5.74, 6) is 0.173. The molecular formula is C18H19N5O2. The summed E-state index contributed by atoms with van der Waals surface area (Å²) in [5, 5.41) is 11.2. The van der Waals surface area contributed by atoms with Crippen LogP contribution < -0.4 is 10.9 Å². The number of rotatable bonds is 5. The molecule has 1 amide bonds. The van der Waals surface area contributed by atoms with E-state index >= 15 is 0 Å². The summed E-state index contributed by atoms with van der Waals surface area (Å²) in [4.78, 5) is 24.8. The zero-order valence-corrected chi connectivity index (χ0v) is 14.1. The van der Waals surface area contributed by atoms with Gasteiger partial charge >= 0.3 is 0 Å².